The Morgan fingerprint density at radius 2 is 1.52 bits per heavy atom. The van der Waals surface area contributed by atoms with Gasteiger partial charge in [-0.1, -0.05) is 61.5 Å². The van der Waals surface area contributed by atoms with Crippen LogP contribution in [0.4, 0.5) is 0 Å². The molecule has 0 bridgehead atoms. The number of nitrogens with one attached hydrogen (secondary N) is 2. The molecule has 1 atom stereocenters. The van der Waals surface area contributed by atoms with Crippen LogP contribution in [0, 0.1) is 0 Å². The average molecular weight is 566 g/mol. The lowest BCUT2D eigenvalue weighted by Gasteiger charge is -2.34. The molecular weight excluding hydrogens is 525 g/mol. The molecule has 1 fully saturated rings. The molecule has 3 N–H and O–H groups in total. The SMILES string of the molecule is CCNC(=NCc1ccc(CN2CCN(CC)CC2)cc1)NCC(C)(O)c1ccccc1.I. The van der Waals surface area contributed by atoms with E-state index in [1.165, 1.54) is 24.2 Å². The molecule has 0 radical (unpaired) electrons. The van der Waals surface area contributed by atoms with Gasteiger partial charge in [-0.15, -0.1) is 24.0 Å². The third kappa shape index (κ3) is 8.88. The van der Waals surface area contributed by atoms with Gasteiger partial charge in [-0.3, -0.25) is 4.90 Å². The second-order valence-corrected chi connectivity index (χ2v) is 8.72. The summed E-state index contributed by atoms with van der Waals surface area (Å²) in [5.74, 6) is 0.710. The van der Waals surface area contributed by atoms with Crippen molar-refractivity contribution in [2.45, 2.75) is 39.5 Å². The number of likely N-dealkylation sites (N-methyl/N-ethyl adjacent to an activating group) is 1. The lowest BCUT2D eigenvalue weighted by atomic mass is 9.96. The van der Waals surface area contributed by atoms with Crippen molar-refractivity contribution >= 4 is 29.9 Å². The zero-order valence-electron chi connectivity index (χ0n) is 20.3. The van der Waals surface area contributed by atoms with Crippen LogP contribution in [-0.4, -0.2) is 66.7 Å². The van der Waals surface area contributed by atoms with Crippen molar-refractivity contribution in [2.24, 2.45) is 4.99 Å². The smallest absolute Gasteiger partial charge is 0.191 e. The Hall–Kier alpha value is -1.68. The summed E-state index contributed by atoms with van der Waals surface area (Å²) in [5.41, 5.74) is 2.44. The largest absolute Gasteiger partial charge is 0.384 e. The van der Waals surface area contributed by atoms with Crippen LogP contribution in [0.2, 0.25) is 0 Å². The third-order valence-electron chi connectivity index (χ3n) is 6.10. The molecule has 0 aromatic heterocycles. The number of halogens is 1. The minimum atomic E-state index is -0.971. The first-order valence-corrected chi connectivity index (χ1v) is 11.8. The van der Waals surface area contributed by atoms with E-state index in [9.17, 15) is 5.11 Å². The number of hydrogen-bond donors (Lipinski definition) is 3. The summed E-state index contributed by atoms with van der Waals surface area (Å²) in [6.45, 7) is 14.6. The van der Waals surface area contributed by atoms with Gasteiger partial charge in [-0.25, -0.2) is 4.99 Å². The number of hydrogen-bond acceptors (Lipinski definition) is 4. The molecule has 3 rings (SSSR count). The summed E-state index contributed by atoms with van der Waals surface area (Å²) in [7, 11) is 0. The zero-order valence-corrected chi connectivity index (χ0v) is 22.6. The van der Waals surface area contributed by atoms with Gasteiger partial charge < -0.3 is 20.6 Å². The second kappa shape index (κ2) is 13.9. The van der Waals surface area contributed by atoms with Gasteiger partial charge in [0, 0.05) is 39.3 Å². The first-order valence-electron chi connectivity index (χ1n) is 11.8. The van der Waals surface area contributed by atoms with Gasteiger partial charge in [0.05, 0.1) is 13.1 Å². The molecule has 7 heteroatoms. The number of nitrogens with zero attached hydrogens (tertiary/aromatic N) is 3. The Morgan fingerprint density at radius 1 is 0.909 bits per heavy atom. The quantitative estimate of drug-likeness (QED) is 0.247. The summed E-state index contributed by atoms with van der Waals surface area (Å²) in [6, 6.07) is 18.5. The standard InChI is InChI=1S/C26H39N5O.HI/c1-4-27-25(29-21-26(3,32)24-9-7-6-8-10-24)28-19-22-11-13-23(14-12-22)20-31-17-15-30(5-2)16-18-31;/h6-14,32H,4-5,15-21H2,1-3H3,(H2,27,28,29);1H. The van der Waals surface area contributed by atoms with Crippen molar-refractivity contribution in [3.8, 4) is 0 Å². The monoisotopic (exact) mass is 565 g/mol. The molecule has 0 saturated carbocycles. The summed E-state index contributed by atoms with van der Waals surface area (Å²) >= 11 is 0. The van der Waals surface area contributed by atoms with Gasteiger partial charge in [-0.05, 0) is 37.1 Å². The molecule has 1 aliphatic rings. The van der Waals surface area contributed by atoms with E-state index in [2.05, 4.69) is 51.6 Å². The lowest BCUT2D eigenvalue weighted by Crippen LogP contribution is -2.45. The van der Waals surface area contributed by atoms with E-state index in [0.717, 1.165) is 38.3 Å². The first-order chi connectivity index (χ1) is 15.5. The summed E-state index contributed by atoms with van der Waals surface area (Å²) in [5, 5.41) is 17.4. The molecule has 1 heterocycles. The zero-order chi connectivity index (χ0) is 22.8. The minimum Gasteiger partial charge on any atom is -0.384 e. The van der Waals surface area contributed by atoms with E-state index in [-0.39, 0.29) is 24.0 Å². The Morgan fingerprint density at radius 3 is 2.12 bits per heavy atom. The number of aliphatic imine (C=N–C) groups is 1. The molecule has 33 heavy (non-hydrogen) atoms. The first kappa shape index (κ1) is 27.6. The van der Waals surface area contributed by atoms with Gasteiger partial charge in [0.25, 0.3) is 0 Å². The Bertz CT molecular complexity index is 834. The van der Waals surface area contributed by atoms with E-state index < -0.39 is 5.60 Å². The van der Waals surface area contributed by atoms with Gasteiger partial charge in [-0.2, -0.15) is 0 Å². The molecule has 1 saturated heterocycles. The number of aliphatic hydroxyl groups is 1. The Kier molecular flexibility index (Phi) is 11.6. The molecule has 1 aliphatic heterocycles. The second-order valence-electron chi connectivity index (χ2n) is 8.72. The van der Waals surface area contributed by atoms with Gasteiger partial charge in [0.2, 0.25) is 0 Å². The fourth-order valence-electron chi connectivity index (χ4n) is 3.94. The van der Waals surface area contributed by atoms with Crippen LogP contribution in [0.1, 0.15) is 37.5 Å². The van der Waals surface area contributed by atoms with Crippen LogP contribution in [0.3, 0.4) is 0 Å². The van der Waals surface area contributed by atoms with Crippen molar-refractivity contribution in [3.63, 3.8) is 0 Å². The molecule has 2 aromatic rings. The molecule has 1 unspecified atom stereocenters. The maximum absolute atomic E-state index is 10.8. The number of benzene rings is 2. The predicted molar refractivity (Wildman–Crippen MR) is 148 cm³/mol. The highest BCUT2D eigenvalue weighted by molar-refractivity contribution is 14.0. The summed E-state index contributed by atoms with van der Waals surface area (Å²) in [6.07, 6.45) is 0. The van der Waals surface area contributed by atoms with E-state index in [1.54, 1.807) is 0 Å². The van der Waals surface area contributed by atoms with Crippen LogP contribution in [0.5, 0.6) is 0 Å². The van der Waals surface area contributed by atoms with E-state index in [0.29, 0.717) is 19.0 Å². The molecule has 0 aliphatic carbocycles. The fraction of sp³-hybridized carbons (Fsp3) is 0.500. The third-order valence-corrected chi connectivity index (χ3v) is 6.10. The van der Waals surface area contributed by atoms with Crippen LogP contribution in [0.15, 0.2) is 59.6 Å². The minimum absolute atomic E-state index is 0. The van der Waals surface area contributed by atoms with Crippen LogP contribution in [0.25, 0.3) is 0 Å². The summed E-state index contributed by atoms with van der Waals surface area (Å²) in [4.78, 5) is 9.75. The van der Waals surface area contributed by atoms with Crippen molar-refractivity contribution in [1.82, 2.24) is 20.4 Å². The number of guanidine groups is 1. The topological polar surface area (TPSA) is 63.1 Å². The number of rotatable bonds is 9. The van der Waals surface area contributed by atoms with E-state index >= 15 is 0 Å². The fourth-order valence-corrected chi connectivity index (χ4v) is 3.94. The lowest BCUT2D eigenvalue weighted by molar-refractivity contribution is 0.0617. The predicted octanol–water partition coefficient (Wildman–Crippen LogP) is 3.40. The van der Waals surface area contributed by atoms with Crippen molar-refractivity contribution in [1.29, 1.82) is 0 Å². The summed E-state index contributed by atoms with van der Waals surface area (Å²) < 4.78 is 0. The van der Waals surface area contributed by atoms with Gasteiger partial charge in [0.1, 0.15) is 5.60 Å². The van der Waals surface area contributed by atoms with E-state index in [1.807, 2.05) is 44.2 Å². The van der Waals surface area contributed by atoms with Gasteiger partial charge >= 0.3 is 0 Å². The van der Waals surface area contributed by atoms with Crippen LogP contribution >= 0.6 is 24.0 Å². The average Bonchev–Trinajstić information content (AvgIpc) is 2.83. The number of piperazine rings is 1. The van der Waals surface area contributed by atoms with Crippen molar-refractivity contribution in [2.75, 3.05) is 45.8 Å². The molecule has 2 aromatic carbocycles. The molecule has 6 nitrogen and oxygen atoms in total. The molecule has 0 amide bonds. The highest BCUT2D eigenvalue weighted by Crippen LogP contribution is 2.19. The van der Waals surface area contributed by atoms with E-state index in [4.69, 9.17) is 4.99 Å². The molecule has 0 spiro atoms. The normalized spacial score (nSPS) is 17.2. The molecule has 182 valence electrons. The van der Waals surface area contributed by atoms with Crippen LogP contribution in [-0.2, 0) is 18.7 Å². The van der Waals surface area contributed by atoms with Crippen molar-refractivity contribution in [3.05, 3.63) is 71.3 Å². The Balaban J connectivity index is 0.00000385. The Labute approximate surface area is 216 Å². The maximum Gasteiger partial charge on any atom is 0.191 e. The highest BCUT2D eigenvalue weighted by Gasteiger charge is 2.23. The maximum atomic E-state index is 10.8. The van der Waals surface area contributed by atoms with Gasteiger partial charge in [0.15, 0.2) is 5.96 Å². The highest BCUT2D eigenvalue weighted by atomic mass is 127. The van der Waals surface area contributed by atoms with Crippen LogP contribution < -0.4 is 10.6 Å². The molecular formula is C26H40IN5O. The van der Waals surface area contributed by atoms with Crippen molar-refractivity contribution < 1.29 is 5.11 Å².